The first-order valence-electron chi connectivity index (χ1n) is 5.35. The summed E-state index contributed by atoms with van der Waals surface area (Å²) in [6.07, 6.45) is 1.32. The maximum absolute atomic E-state index is 11.5. The Morgan fingerprint density at radius 3 is 2.56 bits per heavy atom. The summed E-state index contributed by atoms with van der Waals surface area (Å²) in [5, 5.41) is 0. The number of esters is 1. The van der Waals surface area contributed by atoms with Crippen molar-refractivity contribution in [2.45, 2.75) is 26.2 Å². The molecule has 0 aromatic heterocycles. The lowest BCUT2D eigenvalue weighted by atomic mass is 10.1. The summed E-state index contributed by atoms with van der Waals surface area (Å²) >= 11 is 0. The Morgan fingerprint density at radius 1 is 1.39 bits per heavy atom. The average Bonchev–Trinajstić information content (AvgIpc) is 2.35. The predicted octanol–water partition coefficient (Wildman–Crippen LogP) is 0.870. The Labute approximate surface area is 105 Å². The molecule has 0 saturated heterocycles. The van der Waals surface area contributed by atoms with E-state index in [4.69, 9.17) is 5.53 Å². The van der Waals surface area contributed by atoms with Crippen LogP contribution in [0.5, 0.6) is 0 Å². The van der Waals surface area contributed by atoms with Crippen LogP contribution in [0.2, 0.25) is 0 Å². The fraction of sp³-hybridized carbons (Fsp3) is 0.417. The number of carbonyl (C=O) groups excluding carboxylic acids is 3. The average molecular weight is 250 g/mol. The van der Waals surface area contributed by atoms with Crippen molar-refractivity contribution >= 4 is 23.2 Å². The smallest absolute Gasteiger partial charge is 0.441 e. The van der Waals surface area contributed by atoms with Crippen LogP contribution in [0.4, 0.5) is 0 Å². The molecule has 6 heteroatoms. The van der Waals surface area contributed by atoms with Gasteiger partial charge in [0.2, 0.25) is 0 Å². The third kappa shape index (κ3) is 5.70. The molecule has 0 bridgehead atoms. The maximum atomic E-state index is 11.5. The summed E-state index contributed by atoms with van der Waals surface area (Å²) in [5.74, 6) is -1.92. The summed E-state index contributed by atoms with van der Waals surface area (Å²) < 4.78 is 4.53. The molecule has 0 N–H and O–H groups in total. The second-order valence-corrected chi connectivity index (χ2v) is 3.24. The quantitative estimate of drug-likeness (QED) is 0.159. The van der Waals surface area contributed by atoms with E-state index in [-0.39, 0.29) is 31.7 Å². The van der Waals surface area contributed by atoms with Gasteiger partial charge < -0.3 is 10.3 Å². The number of Topliss-reactive ketones (excluding diaryl/α,β-unsaturated/α-hetero) is 2. The van der Waals surface area contributed by atoms with Crippen LogP contribution < -0.4 is 0 Å². The van der Waals surface area contributed by atoms with E-state index in [9.17, 15) is 14.4 Å². The molecule has 0 aliphatic carbocycles. The summed E-state index contributed by atoms with van der Waals surface area (Å²) in [5.41, 5.74) is 10.3. The summed E-state index contributed by atoms with van der Waals surface area (Å²) in [7, 11) is 0. The van der Waals surface area contributed by atoms with Crippen molar-refractivity contribution in [3.8, 4) is 0 Å². The molecule has 0 fully saturated rings. The van der Waals surface area contributed by atoms with Crippen molar-refractivity contribution in [1.29, 1.82) is 0 Å². The van der Waals surface area contributed by atoms with Gasteiger partial charge in [0.15, 0.2) is 0 Å². The number of allylic oxidation sites excluding steroid dienone is 1. The van der Waals surface area contributed by atoms with Crippen LogP contribution in [-0.4, -0.2) is 34.6 Å². The number of ketones is 2. The van der Waals surface area contributed by atoms with Crippen LogP contribution >= 0.6 is 0 Å². The molecule has 6 nitrogen and oxygen atoms in total. The van der Waals surface area contributed by atoms with Gasteiger partial charge >= 0.3 is 11.7 Å². The van der Waals surface area contributed by atoms with Gasteiger partial charge in [-0.3, -0.25) is 9.59 Å². The molecule has 0 heterocycles. The topological polar surface area (TPSA) is 96.8 Å². The number of hydrogen-bond donors (Lipinski definition) is 0. The Morgan fingerprint density at radius 2 is 2.06 bits per heavy atom. The second kappa shape index (κ2) is 8.82. The third-order valence-electron chi connectivity index (χ3n) is 1.94. The Bertz CT molecular complexity index is 441. The van der Waals surface area contributed by atoms with E-state index in [2.05, 4.69) is 21.8 Å². The molecule has 0 rings (SSSR count). The molecule has 0 amide bonds. The maximum Gasteiger partial charge on any atom is 0.441 e. The highest BCUT2D eigenvalue weighted by Gasteiger charge is 2.30. The van der Waals surface area contributed by atoms with E-state index in [1.807, 2.05) is 0 Å². The summed E-state index contributed by atoms with van der Waals surface area (Å²) in [4.78, 5) is 36.5. The first kappa shape index (κ1) is 15.7. The fourth-order valence-corrected chi connectivity index (χ4v) is 1.07. The van der Waals surface area contributed by atoms with Gasteiger partial charge in [-0.1, -0.05) is 6.58 Å². The van der Waals surface area contributed by atoms with Gasteiger partial charge in [-0.2, -0.15) is 4.79 Å². The van der Waals surface area contributed by atoms with Crippen molar-refractivity contribution < 1.29 is 23.9 Å². The van der Waals surface area contributed by atoms with Crippen molar-refractivity contribution in [3.05, 3.63) is 23.9 Å². The lowest BCUT2D eigenvalue weighted by molar-refractivity contribution is -0.142. The first-order valence-corrected chi connectivity index (χ1v) is 5.35. The molecule has 0 unspecified atom stereocenters. The third-order valence-corrected chi connectivity index (χ3v) is 1.94. The zero-order chi connectivity index (χ0) is 14.0. The number of ether oxygens (including phenoxy) is 1. The zero-order valence-corrected chi connectivity index (χ0v) is 10.1. The van der Waals surface area contributed by atoms with Gasteiger partial charge in [-0.25, -0.2) is 4.79 Å². The van der Waals surface area contributed by atoms with Crippen molar-refractivity contribution in [2.75, 3.05) is 6.61 Å². The van der Waals surface area contributed by atoms with Gasteiger partial charge in [0, 0.05) is 19.3 Å². The van der Waals surface area contributed by atoms with Gasteiger partial charge in [-0.15, -0.1) is 5.73 Å². The molecule has 96 valence electrons. The minimum Gasteiger partial charge on any atom is -0.457 e. The van der Waals surface area contributed by atoms with Crippen molar-refractivity contribution in [2.24, 2.45) is 0 Å². The van der Waals surface area contributed by atoms with Crippen LogP contribution in [0.25, 0.3) is 5.53 Å². The molecule has 0 aliphatic heterocycles. The highest BCUT2D eigenvalue weighted by atomic mass is 16.5. The molecular formula is C12H14N2O4. The molecule has 0 radical (unpaired) electrons. The monoisotopic (exact) mass is 250 g/mol. The highest BCUT2D eigenvalue weighted by molar-refractivity contribution is 6.62. The molecule has 0 aliphatic rings. The normalized spacial score (nSPS) is 8.72. The highest BCUT2D eigenvalue weighted by Crippen LogP contribution is 1.99. The van der Waals surface area contributed by atoms with Crippen molar-refractivity contribution in [1.82, 2.24) is 0 Å². The first-order chi connectivity index (χ1) is 8.56. The van der Waals surface area contributed by atoms with Gasteiger partial charge in [0.1, 0.15) is 5.78 Å². The van der Waals surface area contributed by atoms with E-state index >= 15 is 0 Å². The van der Waals surface area contributed by atoms with Crippen LogP contribution in [-0.2, 0) is 19.1 Å². The Balaban J connectivity index is 4.39. The standard InChI is InChI=1S/C12H14N2O4/c1-3-5-6-9(15)7-8-10(16)11(14-13)12(17)18-4-2/h5H,1,4,6-8H2,2H3. The fourth-order valence-electron chi connectivity index (χ4n) is 1.07. The van der Waals surface area contributed by atoms with Crippen LogP contribution in [0.1, 0.15) is 26.2 Å². The molecule has 0 spiro atoms. The summed E-state index contributed by atoms with van der Waals surface area (Å²) in [6, 6.07) is 0. The van der Waals surface area contributed by atoms with Gasteiger partial charge in [0.05, 0.1) is 6.61 Å². The van der Waals surface area contributed by atoms with Gasteiger partial charge in [0.25, 0.3) is 5.78 Å². The zero-order valence-electron chi connectivity index (χ0n) is 10.1. The SMILES string of the molecule is C=C=CCC(=O)CCC(=O)C(=[N+]=[N-])C(=O)OCC. The minimum atomic E-state index is -0.997. The number of rotatable bonds is 8. The number of hydrogen-bond acceptors (Lipinski definition) is 4. The molecule has 18 heavy (non-hydrogen) atoms. The van der Waals surface area contributed by atoms with Crippen LogP contribution in [0.15, 0.2) is 18.4 Å². The molecule has 0 atom stereocenters. The molecule has 0 aromatic carbocycles. The number of nitrogens with zero attached hydrogens (tertiary/aromatic N) is 2. The van der Waals surface area contributed by atoms with Crippen LogP contribution in [0, 0.1) is 0 Å². The van der Waals surface area contributed by atoms with E-state index in [0.717, 1.165) is 0 Å². The minimum absolute atomic E-state index is 0.0462. The lowest BCUT2D eigenvalue weighted by Gasteiger charge is -1.97. The van der Waals surface area contributed by atoms with E-state index in [1.54, 1.807) is 6.92 Å². The number of carbonyl (C=O) groups is 3. The largest absolute Gasteiger partial charge is 0.457 e. The van der Waals surface area contributed by atoms with Gasteiger partial charge in [-0.05, 0) is 13.0 Å². The molecule has 0 saturated carbocycles. The van der Waals surface area contributed by atoms with Crippen LogP contribution in [0.3, 0.4) is 0 Å². The second-order valence-electron chi connectivity index (χ2n) is 3.24. The summed E-state index contributed by atoms with van der Waals surface area (Å²) in [6.45, 7) is 4.92. The Hall–Kier alpha value is -2.29. The molecular weight excluding hydrogens is 236 g/mol. The lowest BCUT2D eigenvalue weighted by Crippen LogP contribution is -2.27. The Kier molecular flexibility index (Phi) is 7.69. The van der Waals surface area contributed by atoms with E-state index in [1.165, 1.54) is 6.08 Å². The van der Waals surface area contributed by atoms with E-state index < -0.39 is 17.5 Å². The molecule has 0 aromatic rings. The van der Waals surface area contributed by atoms with Crippen molar-refractivity contribution in [3.63, 3.8) is 0 Å². The predicted molar refractivity (Wildman–Crippen MR) is 62.8 cm³/mol. The van der Waals surface area contributed by atoms with E-state index in [0.29, 0.717) is 0 Å².